The highest BCUT2D eigenvalue weighted by Gasteiger charge is 2.22. The SMILES string of the molecule is Cc1cc(OCCN2C(=O)C=CC2=O)cc(SCCNC(=O)COI)c1C=O. The van der Waals surface area contributed by atoms with Gasteiger partial charge in [-0.15, -0.1) is 11.8 Å². The molecule has 0 unspecified atom stereocenters. The first-order valence-electron chi connectivity index (χ1n) is 8.35. The number of halogens is 1. The van der Waals surface area contributed by atoms with Crippen LogP contribution in [0.4, 0.5) is 0 Å². The van der Waals surface area contributed by atoms with E-state index in [0.717, 1.165) is 21.6 Å². The van der Waals surface area contributed by atoms with Gasteiger partial charge >= 0.3 is 0 Å². The lowest BCUT2D eigenvalue weighted by molar-refractivity contribution is -0.137. The van der Waals surface area contributed by atoms with Gasteiger partial charge in [-0.1, -0.05) is 0 Å². The molecule has 1 heterocycles. The summed E-state index contributed by atoms with van der Waals surface area (Å²) in [4.78, 5) is 47.7. The predicted molar refractivity (Wildman–Crippen MR) is 112 cm³/mol. The largest absolute Gasteiger partial charge is 0.492 e. The molecule has 1 aliphatic rings. The second-order valence-corrected chi connectivity index (χ2v) is 7.49. The molecule has 1 aliphatic heterocycles. The third-order valence-corrected chi connectivity index (χ3v) is 5.16. The molecule has 0 spiro atoms. The number of nitrogens with zero attached hydrogens (tertiary/aromatic N) is 1. The highest BCUT2D eigenvalue weighted by Crippen LogP contribution is 2.29. The number of hydrogen-bond donors (Lipinski definition) is 1. The van der Waals surface area contributed by atoms with Gasteiger partial charge in [-0.25, -0.2) is 0 Å². The summed E-state index contributed by atoms with van der Waals surface area (Å²) >= 11 is 3.07. The highest BCUT2D eigenvalue weighted by atomic mass is 127. The molecule has 150 valence electrons. The Morgan fingerprint density at radius 1 is 1.29 bits per heavy atom. The first kappa shape index (κ1) is 22.4. The number of carbonyl (C=O) groups is 4. The second kappa shape index (κ2) is 11.2. The van der Waals surface area contributed by atoms with Crippen LogP contribution in [0.2, 0.25) is 0 Å². The average Bonchev–Trinajstić information content (AvgIpc) is 2.97. The third kappa shape index (κ3) is 6.31. The van der Waals surface area contributed by atoms with Crippen LogP contribution >= 0.6 is 34.8 Å². The number of nitrogens with one attached hydrogen (secondary N) is 1. The van der Waals surface area contributed by atoms with Gasteiger partial charge < -0.3 is 13.1 Å². The fraction of sp³-hybridized carbons (Fsp3) is 0.333. The van der Waals surface area contributed by atoms with Crippen LogP contribution in [-0.2, 0) is 17.4 Å². The van der Waals surface area contributed by atoms with Gasteiger partial charge in [0.1, 0.15) is 42.0 Å². The maximum Gasteiger partial charge on any atom is 0.253 e. The zero-order valence-corrected chi connectivity index (χ0v) is 18.1. The Labute approximate surface area is 180 Å². The van der Waals surface area contributed by atoms with E-state index in [0.29, 0.717) is 23.6 Å². The van der Waals surface area contributed by atoms with E-state index in [9.17, 15) is 19.2 Å². The van der Waals surface area contributed by atoms with Crippen molar-refractivity contribution in [3.63, 3.8) is 0 Å². The number of ether oxygens (including phenoxy) is 1. The summed E-state index contributed by atoms with van der Waals surface area (Å²) in [5.41, 5.74) is 1.32. The maximum atomic E-state index is 11.5. The van der Waals surface area contributed by atoms with E-state index in [1.807, 2.05) is 0 Å². The van der Waals surface area contributed by atoms with E-state index in [1.54, 1.807) is 42.1 Å². The van der Waals surface area contributed by atoms with Crippen molar-refractivity contribution in [1.82, 2.24) is 10.2 Å². The summed E-state index contributed by atoms with van der Waals surface area (Å²) in [6, 6.07) is 3.47. The second-order valence-electron chi connectivity index (χ2n) is 5.73. The Hall–Kier alpha value is -1.92. The molecular formula is C18H19IN2O6S. The summed E-state index contributed by atoms with van der Waals surface area (Å²) < 4.78 is 10.4. The first-order chi connectivity index (χ1) is 13.5. The monoisotopic (exact) mass is 518 g/mol. The number of amides is 3. The zero-order valence-electron chi connectivity index (χ0n) is 15.1. The van der Waals surface area contributed by atoms with Crippen molar-refractivity contribution in [2.75, 3.05) is 32.1 Å². The maximum absolute atomic E-state index is 11.5. The number of benzene rings is 1. The number of thioether (sulfide) groups is 1. The summed E-state index contributed by atoms with van der Waals surface area (Å²) in [6.07, 6.45) is 3.24. The average molecular weight is 518 g/mol. The minimum atomic E-state index is -0.354. The van der Waals surface area contributed by atoms with E-state index >= 15 is 0 Å². The molecule has 28 heavy (non-hydrogen) atoms. The number of aryl methyl sites for hydroxylation is 1. The lowest BCUT2D eigenvalue weighted by atomic mass is 10.1. The van der Waals surface area contributed by atoms with E-state index in [1.165, 1.54) is 23.9 Å². The van der Waals surface area contributed by atoms with Crippen molar-refractivity contribution in [1.29, 1.82) is 0 Å². The van der Waals surface area contributed by atoms with Crippen LogP contribution in [0.15, 0.2) is 29.2 Å². The molecule has 0 aliphatic carbocycles. The molecule has 1 N–H and O–H groups in total. The van der Waals surface area contributed by atoms with Gasteiger partial charge in [0.2, 0.25) is 5.91 Å². The third-order valence-electron chi connectivity index (χ3n) is 3.79. The van der Waals surface area contributed by atoms with Crippen molar-refractivity contribution < 1.29 is 27.0 Å². The quantitative estimate of drug-likeness (QED) is 0.156. The minimum Gasteiger partial charge on any atom is -0.492 e. The molecule has 0 saturated carbocycles. The molecule has 10 heteroatoms. The number of carbonyl (C=O) groups excluding carboxylic acids is 4. The van der Waals surface area contributed by atoms with Crippen LogP contribution in [0.3, 0.4) is 0 Å². The minimum absolute atomic E-state index is 0.00914. The normalized spacial score (nSPS) is 13.1. The Balaban J connectivity index is 1.92. The fourth-order valence-electron chi connectivity index (χ4n) is 2.45. The van der Waals surface area contributed by atoms with Gasteiger partial charge in [0.05, 0.1) is 6.54 Å². The van der Waals surface area contributed by atoms with Gasteiger partial charge in [-0.2, -0.15) is 0 Å². The Morgan fingerprint density at radius 3 is 2.64 bits per heavy atom. The van der Waals surface area contributed by atoms with Crippen molar-refractivity contribution >= 4 is 58.8 Å². The molecule has 1 aromatic rings. The van der Waals surface area contributed by atoms with Crippen molar-refractivity contribution in [2.24, 2.45) is 0 Å². The molecule has 8 nitrogen and oxygen atoms in total. The van der Waals surface area contributed by atoms with Crippen LogP contribution in [0, 0.1) is 6.92 Å². The van der Waals surface area contributed by atoms with Gasteiger partial charge in [0, 0.05) is 34.9 Å². The fourth-order valence-corrected chi connectivity index (χ4v) is 3.72. The number of rotatable bonds is 11. The smallest absolute Gasteiger partial charge is 0.253 e. The molecule has 3 amide bonds. The summed E-state index contributed by atoms with van der Waals surface area (Å²) in [7, 11) is 0. The summed E-state index contributed by atoms with van der Waals surface area (Å²) in [5, 5.41) is 2.71. The van der Waals surface area contributed by atoms with Crippen molar-refractivity contribution in [3.8, 4) is 5.75 Å². The molecule has 0 radical (unpaired) electrons. The van der Waals surface area contributed by atoms with Crippen LogP contribution in [0.5, 0.6) is 5.75 Å². The predicted octanol–water partition coefficient (Wildman–Crippen LogP) is 1.69. The molecule has 0 fully saturated rings. The van der Waals surface area contributed by atoms with E-state index in [4.69, 9.17) is 7.80 Å². The lowest BCUT2D eigenvalue weighted by Gasteiger charge is -2.16. The number of imide groups is 1. The first-order valence-corrected chi connectivity index (χ1v) is 10.2. The Kier molecular flexibility index (Phi) is 8.93. The molecule has 0 atom stereocenters. The standard InChI is InChI=1S/C18H19IN2O6S/c1-12-8-13(26-6-5-21-17(24)2-3-18(21)25)9-15(14(12)10-22)28-7-4-20-16(23)11-27-19/h2-3,8-10H,4-7,11H2,1H3,(H,20,23). The van der Waals surface area contributed by atoms with Crippen molar-refractivity contribution in [2.45, 2.75) is 11.8 Å². The lowest BCUT2D eigenvalue weighted by Crippen LogP contribution is -2.33. The van der Waals surface area contributed by atoms with E-state index in [2.05, 4.69) is 5.32 Å². The van der Waals surface area contributed by atoms with E-state index in [-0.39, 0.29) is 37.5 Å². The van der Waals surface area contributed by atoms with Crippen LogP contribution in [-0.4, -0.2) is 61.0 Å². The van der Waals surface area contributed by atoms with Gasteiger partial charge in [-0.05, 0) is 24.6 Å². The molecule has 2 rings (SSSR count). The molecule has 0 aromatic heterocycles. The Bertz CT molecular complexity index is 781. The molecule has 0 saturated heterocycles. The topological polar surface area (TPSA) is 102 Å². The number of hydrogen-bond acceptors (Lipinski definition) is 7. The van der Waals surface area contributed by atoms with Crippen LogP contribution in [0.1, 0.15) is 15.9 Å². The van der Waals surface area contributed by atoms with Crippen LogP contribution < -0.4 is 10.1 Å². The van der Waals surface area contributed by atoms with Crippen LogP contribution in [0.25, 0.3) is 0 Å². The zero-order chi connectivity index (χ0) is 20.5. The van der Waals surface area contributed by atoms with Gasteiger partial charge in [-0.3, -0.25) is 24.1 Å². The molecule has 0 bridgehead atoms. The molecular weight excluding hydrogens is 499 g/mol. The van der Waals surface area contributed by atoms with Crippen molar-refractivity contribution in [3.05, 3.63) is 35.4 Å². The summed E-state index contributed by atoms with van der Waals surface area (Å²) in [6.45, 7) is 2.52. The Morgan fingerprint density at radius 2 is 2.00 bits per heavy atom. The van der Waals surface area contributed by atoms with Gasteiger partial charge in [0.15, 0.2) is 6.29 Å². The molecule has 1 aromatic carbocycles. The summed E-state index contributed by atoms with van der Waals surface area (Å²) in [5.74, 6) is 0.193. The van der Waals surface area contributed by atoms with Gasteiger partial charge in [0.25, 0.3) is 11.8 Å². The highest BCUT2D eigenvalue weighted by molar-refractivity contribution is 14.1. The number of aldehydes is 1. The van der Waals surface area contributed by atoms with E-state index < -0.39 is 0 Å².